The van der Waals surface area contributed by atoms with Crippen LogP contribution in [0.5, 0.6) is 11.5 Å². The van der Waals surface area contributed by atoms with Crippen LogP contribution in [-0.4, -0.2) is 25.9 Å². The van der Waals surface area contributed by atoms with E-state index in [0.717, 1.165) is 6.07 Å². The first-order valence-electron chi connectivity index (χ1n) is 9.18. The van der Waals surface area contributed by atoms with Crippen LogP contribution in [0.25, 0.3) is 0 Å². The van der Waals surface area contributed by atoms with E-state index >= 15 is 0 Å². The first-order valence-corrected chi connectivity index (χ1v) is 10.7. The van der Waals surface area contributed by atoms with Gasteiger partial charge in [0, 0.05) is 12.7 Å². The van der Waals surface area contributed by atoms with Crippen molar-refractivity contribution in [3.05, 3.63) is 71.7 Å². The molecule has 0 spiro atoms. The fourth-order valence-electron chi connectivity index (χ4n) is 3.16. The molecule has 1 aromatic heterocycles. The summed E-state index contributed by atoms with van der Waals surface area (Å²) in [7, 11) is -4.07. The Hall–Kier alpha value is -3.46. The number of hydrogen-bond acceptors (Lipinski definition) is 5. The molecule has 30 heavy (non-hydrogen) atoms. The fourth-order valence-corrected chi connectivity index (χ4v) is 4.31. The van der Waals surface area contributed by atoms with E-state index in [1.54, 1.807) is 32.2 Å². The molecular formula is C21H18FN3O4S. The van der Waals surface area contributed by atoms with Crippen LogP contribution < -0.4 is 14.4 Å². The van der Waals surface area contributed by atoms with Gasteiger partial charge in [0.2, 0.25) is 0 Å². The summed E-state index contributed by atoms with van der Waals surface area (Å²) >= 11 is 0. The van der Waals surface area contributed by atoms with Crippen LogP contribution in [0.1, 0.15) is 22.8 Å². The molecule has 7 nitrogen and oxygen atoms in total. The summed E-state index contributed by atoms with van der Waals surface area (Å²) in [5, 5.41) is 0. The molecule has 1 aliphatic heterocycles. The third kappa shape index (κ3) is 3.48. The third-order valence-corrected chi connectivity index (χ3v) is 6.09. The number of fused-ring (bicyclic) bond motifs is 2. The minimum atomic E-state index is -4.07. The van der Waals surface area contributed by atoms with E-state index in [-0.39, 0.29) is 21.9 Å². The van der Waals surface area contributed by atoms with Gasteiger partial charge in [-0.3, -0.25) is 14.4 Å². The number of carbonyl (C=O) groups is 1. The molecule has 0 saturated carbocycles. The van der Waals surface area contributed by atoms with Crippen LogP contribution >= 0.6 is 0 Å². The average Bonchev–Trinajstić information content (AvgIpc) is 2.83. The minimum absolute atomic E-state index is 0.0914. The Kier molecular flexibility index (Phi) is 4.90. The molecule has 0 bridgehead atoms. The Morgan fingerprint density at radius 2 is 1.93 bits per heavy atom. The molecule has 0 fully saturated rings. The molecule has 9 heteroatoms. The monoisotopic (exact) mass is 427 g/mol. The number of amides is 1. The largest absolute Gasteiger partial charge is 0.453 e. The number of ether oxygens (including phenoxy) is 1. The number of pyridine rings is 1. The van der Waals surface area contributed by atoms with Crippen molar-refractivity contribution in [2.45, 2.75) is 18.7 Å². The van der Waals surface area contributed by atoms with Crippen molar-refractivity contribution in [2.75, 3.05) is 16.2 Å². The number of sulfonamides is 1. The smallest absolute Gasteiger partial charge is 0.263 e. The summed E-state index contributed by atoms with van der Waals surface area (Å²) in [5.74, 6) is -0.00244. The lowest BCUT2D eigenvalue weighted by atomic mass is 10.2. The number of nitrogens with zero attached hydrogens (tertiary/aromatic N) is 2. The molecule has 1 N–H and O–H groups in total. The van der Waals surface area contributed by atoms with Gasteiger partial charge in [-0.25, -0.2) is 17.8 Å². The van der Waals surface area contributed by atoms with Crippen LogP contribution in [0.4, 0.5) is 15.9 Å². The maximum absolute atomic E-state index is 13.6. The molecule has 0 saturated heterocycles. The van der Waals surface area contributed by atoms with Crippen LogP contribution in [0.3, 0.4) is 0 Å². The zero-order chi connectivity index (χ0) is 21.5. The molecule has 0 unspecified atom stereocenters. The number of aromatic nitrogens is 1. The van der Waals surface area contributed by atoms with E-state index in [1.165, 1.54) is 35.2 Å². The topological polar surface area (TPSA) is 88.6 Å². The second-order valence-electron chi connectivity index (χ2n) is 6.70. The lowest BCUT2D eigenvalue weighted by molar-refractivity contribution is 0.0987. The van der Waals surface area contributed by atoms with Crippen molar-refractivity contribution in [2.24, 2.45) is 0 Å². The standard InChI is InChI=1S/C21H18FN3O4S/c1-3-25-20-19(5-4-10-23-20)29-18-9-8-15(12-16(18)21(25)26)30(27,28)24-17-11-14(22)7-6-13(17)2/h4-12,24H,3H2,1-2H3. The maximum Gasteiger partial charge on any atom is 0.263 e. The number of carbonyl (C=O) groups excluding carboxylic acids is 1. The van der Waals surface area contributed by atoms with E-state index in [4.69, 9.17) is 4.74 Å². The number of halogens is 1. The van der Waals surface area contributed by atoms with Crippen molar-refractivity contribution in [1.82, 2.24) is 4.98 Å². The van der Waals surface area contributed by atoms with Gasteiger partial charge in [0.15, 0.2) is 11.6 Å². The van der Waals surface area contributed by atoms with Crippen LogP contribution in [0, 0.1) is 12.7 Å². The summed E-state index contributed by atoms with van der Waals surface area (Å²) in [4.78, 5) is 18.6. The third-order valence-electron chi connectivity index (χ3n) is 4.72. The lowest BCUT2D eigenvalue weighted by Gasteiger charge is -2.18. The predicted molar refractivity (Wildman–Crippen MR) is 110 cm³/mol. The second kappa shape index (κ2) is 7.42. The summed E-state index contributed by atoms with van der Waals surface area (Å²) in [6.45, 7) is 3.77. The van der Waals surface area contributed by atoms with Crippen LogP contribution in [0.15, 0.2) is 59.6 Å². The van der Waals surface area contributed by atoms with E-state index < -0.39 is 21.7 Å². The molecule has 0 radical (unpaired) electrons. The lowest BCUT2D eigenvalue weighted by Crippen LogP contribution is -2.30. The number of rotatable bonds is 4. The van der Waals surface area contributed by atoms with Gasteiger partial charge in [-0.15, -0.1) is 0 Å². The summed E-state index contributed by atoms with van der Waals surface area (Å²) < 4.78 is 47.6. The highest BCUT2D eigenvalue weighted by Crippen LogP contribution is 2.38. The Bertz CT molecular complexity index is 1260. The highest BCUT2D eigenvalue weighted by molar-refractivity contribution is 7.92. The van der Waals surface area contributed by atoms with Gasteiger partial charge in [0.05, 0.1) is 16.1 Å². The Balaban J connectivity index is 1.76. The second-order valence-corrected chi connectivity index (χ2v) is 8.38. The van der Waals surface area contributed by atoms with Gasteiger partial charge in [-0.2, -0.15) is 0 Å². The molecular weight excluding hydrogens is 409 g/mol. The summed E-state index contributed by atoms with van der Waals surface area (Å²) in [6.07, 6.45) is 1.55. The normalized spacial score (nSPS) is 13.2. The minimum Gasteiger partial charge on any atom is -0.453 e. The van der Waals surface area contributed by atoms with Gasteiger partial charge >= 0.3 is 0 Å². The van der Waals surface area contributed by atoms with E-state index in [1.807, 2.05) is 0 Å². The molecule has 0 aliphatic carbocycles. The highest BCUT2D eigenvalue weighted by atomic mass is 32.2. The van der Waals surface area contributed by atoms with E-state index in [9.17, 15) is 17.6 Å². The van der Waals surface area contributed by atoms with Crippen molar-refractivity contribution in [3.8, 4) is 11.5 Å². The maximum atomic E-state index is 13.6. The number of anilines is 2. The average molecular weight is 427 g/mol. The van der Waals surface area contributed by atoms with Crippen molar-refractivity contribution < 1.29 is 22.3 Å². The molecule has 2 aromatic carbocycles. The van der Waals surface area contributed by atoms with Gasteiger partial charge in [-0.1, -0.05) is 6.07 Å². The molecule has 154 valence electrons. The number of benzene rings is 2. The Morgan fingerprint density at radius 3 is 2.70 bits per heavy atom. The van der Waals surface area contributed by atoms with Gasteiger partial charge < -0.3 is 4.74 Å². The zero-order valence-corrected chi connectivity index (χ0v) is 17.0. The molecule has 1 aliphatic rings. The first-order chi connectivity index (χ1) is 14.3. The molecule has 1 amide bonds. The van der Waals surface area contributed by atoms with E-state index in [2.05, 4.69) is 9.71 Å². The SMILES string of the molecule is CCN1C(=O)c2cc(S(=O)(=O)Nc3cc(F)ccc3C)ccc2Oc2cccnc21. The Labute approximate surface area is 173 Å². The molecule has 3 aromatic rings. The van der Waals surface area contributed by atoms with Crippen molar-refractivity contribution in [3.63, 3.8) is 0 Å². The van der Waals surface area contributed by atoms with Crippen LogP contribution in [-0.2, 0) is 10.0 Å². The van der Waals surface area contributed by atoms with Crippen molar-refractivity contribution >= 4 is 27.4 Å². The number of nitrogens with one attached hydrogen (secondary N) is 1. The van der Waals surface area contributed by atoms with Gasteiger partial charge in [0.1, 0.15) is 11.6 Å². The predicted octanol–water partition coefficient (Wildman–Crippen LogP) is 4.10. The first kappa shape index (κ1) is 19.8. The quantitative estimate of drug-likeness (QED) is 0.677. The summed E-state index contributed by atoms with van der Waals surface area (Å²) in [6, 6.07) is 11.2. The van der Waals surface area contributed by atoms with Crippen LogP contribution in [0.2, 0.25) is 0 Å². The summed E-state index contributed by atoms with van der Waals surface area (Å²) in [5.41, 5.74) is 0.779. The molecule has 2 heterocycles. The highest BCUT2D eigenvalue weighted by Gasteiger charge is 2.30. The number of aryl methyl sites for hydroxylation is 1. The zero-order valence-electron chi connectivity index (χ0n) is 16.2. The fraction of sp³-hybridized carbons (Fsp3) is 0.143. The van der Waals surface area contributed by atoms with Gasteiger partial charge in [-0.05, 0) is 61.9 Å². The molecule has 0 atom stereocenters. The van der Waals surface area contributed by atoms with E-state index in [0.29, 0.717) is 23.7 Å². The molecule has 4 rings (SSSR count). The number of hydrogen-bond donors (Lipinski definition) is 1. The van der Waals surface area contributed by atoms with Gasteiger partial charge in [0.25, 0.3) is 15.9 Å². The Morgan fingerprint density at radius 1 is 1.13 bits per heavy atom. The van der Waals surface area contributed by atoms with Crippen molar-refractivity contribution in [1.29, 1.82) is 0 Å².